The first kappa shape index (κ1) is 20.2. The zero-order valence-electron chi connectivity index (χ0n) is 15.0. The molecule has 6 nitrogen and oxygen atoms in total. The Balaban J connectivity index is 1.87. The van der Waals surface area contributed by atoms with E-state index < -0.39 is 30.4 Å². The molecule has 0 aliphatic carbocycles. The number of carbonyl (C=O) groups excluding carboxylic acids is 2. The SMILES string of the molecule is Cc1ccc(C(=O)NCC(F)(F)F)cc1NC(=O)c1cc(F)cc2nccnc12. The van der Waals surface area contributed by atoms with Crippen LogP contribution in [0.5, 0.6) is 0 Å². The summed E-state index contributed by atoms with van der Waals surface area (Å²) in [6, 6.07) is 6.19. The Hall–Kier alpha value is -3.56. The third-order valence-corrected chi connectivity index (χ3v) is 3.98. The van der Waals surface area contributed by atoms with Gasteiger partial charge in [-0.2, -0.15) is 13.2 Å². The van der Waals surface area contributed by atoms with Gasteiger partial charge in [0.15, 0.2) is 0 Å². The number of alkyl halides is 3. The number of hydrogen-bond acceptors (Lipinski definition) is 4. The van der Waals surface area contributed by atoms with Crippen LogP contribution in [0.4, 0.5) is 23.2 Å². The summed E-state index contributed by atoms with van der Waals surface area (Å²) in [7, 11) is 0. The van der Waals surface area contributed by atoms with Crippen LogP contribution in [0.15, 0.2) is 42.7 Å². The Bertz CT molecular complexity index is 1100. The molecule has 2 N–H and O–H groups in total. The number of nitrogens with one attached hydrogen (secondary N) is 2. The van der Waals surface area contributed by atoms with Crippen LogP contribution in [-0.4, -0.2) is 34.5 Å². The van der Waals surface area contributed by atoms with Crippen LogP contribution < -0.4 is 10.6 Å². The van der Waals surface area contributed by atoms with Crippen molar-refractivity contribution >= 4 is 28.5 Å². The molecule has 0 unspecified atom stereocenters. The van der Waals surface area contributed by atoms with Gasteiger partial charge in [-0.3, -0.25) is 19.6 Å². The molecule has 0 fully saturated rings. The summed E-state index contributed by atoms with van der Waals surface area (Å²) in [6.45, 7) is 0.159. The summed E-state index contributed by atoms with van der Waals surface area (Å²) in [5.74, 6) is -2.33. The zero-order valence-corrected chi connectivity index (χ0v) is 15.0. The highest BCUT2D eigenvalue weighted by molar-refractivity contribution is 6.12. The highest BCUT2D eigenvalue weighted by Crippen LogP contribution is 2.22. The second kappa shape index (κ2) is 7.82. The summed E-state index contributed by atoms with van der Waals surface area (Å²) < 4.78 is 50.7. The number of halogens is 4. The van der Waals surface area contributed by atoms with Crippen molar-refractivity contribution in [2.24, 2.45) is 0 Å². The number of aryl methyl sites for hydroxylation is 1. The van der Waals surface area contributed by atoms with Crippen molar-refractivity contribution < 1.29 is 27.2 Å². The largest absolute Gasteiger partial charge is 0.405 e. The number of nitrogens with zero attached hydrogens (tertiary/aromatic N) is 2. The lowest BCUT2D eigenvalue weighted by molar-refractivity contribution is -0.123. The minimum absolute atomic E-state index is 0.0700. The monoisotopic (exact) mass is 406 g/mol. The fraction of sp³-hybridized carbons (Fsp3) is 0.158. The van der Waals surface area contributed by atoms with Crippen LogP contribution >= 0.6 is 0 Å². The highest BCUT2D eigenvalue weighted by Gasteiger charge is 2.28. The van der Waals surface area contributed by atoms with Crippen molar-refractivity contribution in [3.63, 3.8) is 0 Å². The summed E-state index contributed by atoms with van der Waals surface area (Å²) in [5.41, 5.74) is 0.977. The van der Waals surface area contributed by atoms with Crippen molar-refractivity contribution in [3.05, 3.63) is 65.2 Å². The van der Waals surface area contributed by atoms with Gasteiger partial charge in [0.1, 0.15) is 17.9 Å². The van der Waals surface area contributed by atoms with E-state index in [4.69, 9.17) is 0 Å². The van der Waals surface area contributed by atoms with Gasteiger partial charge in [0.2, 0.25) is 0 Å². The molecule has 0 saturated carbocycles. The Morgan fingerprint density at radius 1 is 1.03 bits per heavy atom. The Morgan fingerprint density at radius 2 is 1.76 bits per heavy atom. The van der Waals surface area contributed by atoms with Gasteiger partial charge in [-0.25, -0.2) is 4.39 Å². The van der Waals surface area contributed by atoms with E-state index in [-0.39, 0.29) is 27.8 Å². The number of benzene rings is 2. The lowest BCUT2D eigenvalue weighted by atomic mass is 10.1. The first-order chi connectivity index (χ1) is 13.6. The fourth-order valence-corrected chi connectivity index (χ4v) is 2.58. The van der Waals surface area contributed by atoms with Gasteiger partial charge in [-0.15, -0.1) is 0 Å². The predicted octanol–water partition coefficient (Wildman–Crippen LogP) is 3.62. The molecular weight excluding hydrogens is 392 g/mol. The molecule has 150 valence electrons. The Kier molecular flexibility index (Phi) is 5.44. The number of hydrogen-bond donors (Lipinski definition) is 2. The summed E-state index contributed by atoms with van der Waals surface area (Å²) in [5, 5.41) is 4.30. The molecule has 0 bridgehead atoms. The number of rotatable bonds is 4. The van der Waals surface area contributed by atoms with Crippen molar-refractivity contribution in [3.8, 4) is 0 Å². The number of amides is 2. The van der Waals surface area contributed by atoms with Crippen molar-refractivity contribution in [2.45, 2.75) is 13.1 Å². The van der Waals surface area contributed by atoms with Crippen molar-refractivity contribution in [2.75, 3.05) is 11.9 Å². The van der Waals surface area contributed by atoms with E-state index in [1.807, 2.05) is 0 Å². The quantitative estimate of drug-likeness (QED) is 0.649. The normalized spacial score (nSPS) is 11.3. The maximum Gasteiger partial charge on any atom is 0.405 e. The smallest absolute Gasteiger partial charge is 0.343 e. The lowest BCUT2D eigenvalue weighted by Crippen LogP contribution is -2.33. The topological polar surface area (TPSA) is 84.0 Å². The van der Waals surface area contributed by atoms with E-state index in [2.05, 4.69) is 15.3 Å². The summed E-state index contributed by atoms with van der Waals surface area (Å²) in [6.07, 6.45) is -1.83. The minimum Gasteiger partial charge on any atom is -0.343 e. The third kappa shape index (κ3) is 4.84. The van der Waals surface area contributed by atoms with Gasteiger partial charge in [0.05, 0.1) is 11.1 Å². The van der Waals surface area contributed by atoms with Crippen LogP contribution in [-0.2, 0) is 0 Å². The molecule has 3 rings (SSSR count). The molecule has 2 amide bonds. The number of carbonyl (C=O) groups is 2. The van der Waals surface area contributed by atoms with Gasteiger partial charge in [-0.05, 0) is 30.7 Å². The van der Waals surface area contributed by atoms with E-state index in [9.17, 15) is 27.2 Å². The highest BCUT2D eigenvalue weighted by atomic mass is 19.4. The first-order valence-corrected chi connectivity index (χ1v) is 8.31. The molecule has 0 aliphatic heterocycles. The standard InChI is InChI=1S/C19H14F4N4O2/c1-10-2-3-11(17(28)26-9-19(21,22)23)6-14(10)27-18(29)13-7-12(20)8-15-16(13)25-5-4-24-15/h2-8H,9H2,1H3,(H,26,28)(H,27,29). The summed E-state index contributed by atoms with van der Waals surface area (Å²) in [4.78, 5) is 32.6. The number of aromatic nitrogens is 2. The molecular formula is C19H14F4N4O2. The minimum atomic E-state index is -4.54. The maximum absolute atomic E-state index is 13.8. The van der Waals surface area contributed by atoms with E-state index >= 15 is 0 Å². The molecule has 10 heteroatoms. The van der Waals surface area contributed by atoms with Crippen LogP contribution in [0.2, 0.25) is 0 Å². The van der Waals surface area contributed by atoms with Crippen LogP contribution in [0.3, 0.4) is 0 Å². The van der Waals surface area contributed by atoms with Crippen LogP contribution in [0, 0.1) is 12.7 Å². The maximum atomic E-state index is 13.8. The Labute approximate surface area is 162 Å². The van der Waals surface area contributed by atoms with E-state index in [0.717, 1.165) is 12.1 Å². The Morgan fingerprint density at radius 3 is 2.48 bits per heavy atom. The third-order valence-electron chi connectivity index (χ3n) is 3.98. The van der Waals surface area contributed by atoms with Gasteiger partial charge >= 0.3 is 6.18 Å². The van der Waals surface area contributed by atoms with Gasteiger partial charge in [-0.1, -0.05) is 6.07 Å². The molecule has 3 aromatic rings. The van der Waals surface area contributed by atoms with Crippen LogP contribution in [0.1, 0.15) is 26.3 Å². The molecule has 0 saturated heterocycles. The number of anilines is 1. The molecule has 0 radical (unpaired) electrons. The molecule has 29 heavy (non-hydrogen) atoms. The second-order valence-electron chi connectivity index (χ2n) is 6.16. The van der Waals surface area contributed by atoms with Gasteiger partial charge in [0.25, 0.3) is 11.8 Å². The van der Waals surface area contributed by atoms with Crippen molar-refractivity contribution in [1.82, 2.24) is 15.3 Å². The zero-order chi connectivity index (χ0) is 21.2. The predicted molar refractivity (Wildman–Crippen MR) is 97.0 cm³/mol. The van der Waals surface area contributed by atoms with E-state index in [1.165, 1.54) is 30.6 Å². The summed E-state index contributed by atoms with van der Waals surface area (Å²) >= 11 is 0. The first-order valence-electron chi connectivity index (χ1n) is 8.31. The van der Waals surface area contributed by atoms with Crippen molar-refractivity contribution in [1.29, 1.82) is 0 Å². The number of fused-ring (bicyclic) bond motifs is 1. The van der Waals surface area contributed by atoms with E-state index in [1.54, 1.807) is 12.2 Å². The van der Waals surface area contributed by atoms with Gasteiger partial charge in [0, 0.05) is 29.7 Å². The molecule has 0 spiro atoms. The average molecular weight is 406 g/mol. The molecule has 2 aromatic carbocycles. The molecule has 1 heterocycles. The fourth-order valence-electron chi connectivity index (χ4n) is 2.58. The van der Waals surface area contributed by atoms with E-state index in [0.29, 0.717) is 5.56 Å². The second-order valence-corrected chi connectivity index (χ2v) is 6.16. The van der Waals surface area contributed by atoms with Gasteiger partial charge < -0.3 is 10.6 Å². The lowest BCUT2D eigenvalue weighted by Gasteiger charge is -2.12. The molecule has 0 aliphatic rings. The van der Waals surface area contributed by atoms with Crippen LogP contribution in [0.25, 0.3) is 11.0 Å². The average Bonchev–Trinajstić information content (AvgIpc) is 2.66. The molecule has 0 atom stereocenters. The molecule has 1 aromatic heterocycles.